The third kappa shape index (κ3) is 5.50. The Kier molecular flexibility index (Phi) is 7.36. The summed E-state index contributed by atoms with van der Waals surface area (Å²) in [6.07, 6.45) is 0. The standard InChI is InChI=1S/C20H22Cl2FN3O3S/c1-24(13-15-2-7-18(21)19(22)12-15)14-20(27)25-8-10-26(11-9-25)30(28,29)17-5-3-16(23)4-6-17/h2-7,12H,8-11,13-14H2,1H3. The molecule has 2 aromatic rings. The predicted molar refractivity (Wildman–Crippen MR) is 115 cm³/mol. The van der Waals surface area contributed by atoms with E-state index in [1.165, 1.54) is 16.4 Å². The molecule has 1 amide bonds. The van der Waals surface area contributed by atoms with Crippen molar-refractivity contribution < 1.29 is 17.6 Å². The molecule has 1 heterocycles. The Hall–Kier alpha value is -1.71. The molecule has 0 N–H and O–H groups in total. The lowest BCUT2D eigenvalue weighted by molar-refractivity contribution is -0.133. The zero-order chi connectivity index (χ0) is 21.9. The molecule has 1 fully saturated rings. The molecular formula is C20H22Cl2FN3O3S. The van der Waals surface area contributed by atoms with Crippen molar-refractivity contribution in [2.75, 3.05) is 39.8 Å². The summed E-state index contributed by atoms with van der Waals surface area (Å²) < 4.78 is 39.7. The number of halogens is 3. The van der Waals surface area contributed by atoms with Crippen LogP contribution in [0.3, 0.4) is 0 Å². The first-order valence-electron chi connectivity index (χ1n) is 9.33. The van der Waals surface area contributed by atoms with Crippen molar-refractivity contribution in [3.63, 3.8) is 0 Å². The zero-order valence-electron chi connectivity index (χ0n) is 16.4. The maximum absolute atomic E-state index is 13.1. The number of hydrogen-bond donors (Lipinski definition) is 0. The summed E-state index contributed by atoms with van der Waals surface area (Å²) in [5.74, 6) is -0.564. The van der Waals surface area contributed by atoms with Gasteiger partial charge in [0.05, 0.1) is 21.5 Å². The molecule has 0 radical (unpaired) electrons. The van der Waals surface area contributed by atoms with Crippen LogP contribution >= 0.6 is 23.2 Å². The summed E-state index contributed by atoms with van der Waals surface area (Å²) in [5.41, 5.74) is 0.940. The van der Waals surface area contributed by atoms with E-state index in [1.807, 2.05) is 18.0 Å². The van der Waals surface area contributed by atoms with Crippen LogP contribution in [-0.2, 0) is 21.4 Å². The molecular weight excluding hydrogens is 452 g/mol. The molecule has 0 bridgehead atoms. The smallest absolute Gasteiger partial charge is 0.243 e. The van der Waals surface area contributed by atoms with Gasteiger partial charge in [-0.25, -0.2) is 12.8 Å². The van der Waals surface area contributed by atoms with Crippen LogP contribution in [0.4, 0.5) is 4.39 Å². The number of nitrogens with zero attached hydrogens (tertiary/aromatic N) is 3. The molecule has 2 aromatic carbocycles. The molecule has 0 spiro atoms. The number of rotatable bonds is 6. The van der Waals surface area contributed by atoms with Gasteiger partial charge in [0, 0.05) is 32.7 Å². The van der Waals surface area contributed by atoms with Gasteiger partial charge in [-0.05, 0) is 49.0 Å². The Bertz CT molecular complexity index is 1010. The Balaban J connectivity index is 1.53. The third-order valence-electron chi connectivity index (χ3n) is 4.88. The SMILES string of the molecule is CN(CC(=O)N1CCN(S(=O)(=O)c2ccc(F)cc2)CC1)Cc1ccc(Cl)c(Cl)c1. The Morgan fingerprint density at radius 3 is 2.27 bits per heavy atom. The lowest BCUT2D eigenvalue weighted by Gasteiger charge is -2.34. The van der Waals surface area contributed by atoms with E-state index in [-0.39, 0.29) is 30.4 Å². The fourth-order valence-corrected chi connectivity index (χ4v) is 5.01. The van der Waals surface area contributed by atoms with Crippen molar-refractivity contribution in [3.05, 3.63) is 63.9 Å². The van der Waals surface area contributed by atoms with Gasteiger partial charge in [0.1, 0.15) is 5.82 Å². The van der Waals surface area contributed by atoms with Gasteiger partial charge < -0.3 is 4.90 Å². The van der Waals surface area contributed by atoms with Crippen LogP contribution in [0, 0.1) is 5.82 Å². The summed E-state index contributed by atoms with van der Waals surface area (Å²) in [6, 6.07) is 10.1. The molecule has 0 saturated carbocycles. The van der Waals surface area contributed by atoms with Crippen LogP contribution in [0.2, 0.25) is 10.0 Å². The van der Waals surface area contributed by atoms with Crippen LogP contribution < -0.4 is 0 Å². The highest BCUT2D eigenvalue weighted by Crippen LogP contribution is 2.23. The summed E-state index contributed by atoms with van der Waals surface area (Å²) in [5, 5.41) is 0.944. The van der Waals surface area contributed by atoms with Gasteiger partial charge >= 0.3 is 0 Å². The maximum atomic E-state index is 13.1. The number of likely N-dealkylation sites (N-methyl/N-ethyl adjacent to an activating group) is 1. The van der Waals surface area contributed by atoms with Crippen molar-refractivity contribution in [2.24, 2.45) is 0 Å². The van der Waals surface area contributed by atoms with Crippen LogP contribution in [0.15, 0.2) is 47.4 Å². The van der Waals surface area contributed by atoms with Crippen LogP contribution in [0.25, 0.3) is 0 Å². The highest BCUT2D eigenvalue weighted by molar-refractivity contribution is 7.89. The molecule has 1 aliphatic heterocycles. The summed E-state index contributed by atoms with van der Waals surface area (Å²) in [4.78, 5) is 16.2. The van der Waals surface area contributed by atoms with Crippen molar-refractivity contribution in [3.8, 4) is 0 Å². The molecule has 30 heavy (non-hydrogen) atoms. The first-order valence-corrected chi connectivity index (χ1v) is 11.5. The second kappa shape index (κ2) is 9.62. The van der Waals surface area contributed by atoms with Crippen molar-refractivity contribution in [1.82, 2.24) is 14.1 Å². The minimum absolute atomic E-state index is 0.0463. The summed E-state index contributed by atoms with van der Waals surface area (Å²) in [7, 11) is -1.88. The molecule has 1 aliphatic rings. The monoisotopic (exact) mass is 473 g/mol. The highest BCUT2D eigenvalue weighted by Gasteiger charge is 2.30. The Labute approximate surface area is 185 Å². The van der Waals surface area contributed by atoms with E-state index < -0.39 is 15.8 Å². The van der Waals surface area contributed by atoms with E-state index in [9.17, 15) is 17.6 Å². The van der Waals surface area contributed by atoms with Crippen molar-refractivity contribution in [2.45, 2.75) is 11.4 Å². The molecule has 6 nitrogen and oxygen atoms in total. The Morgan fingerprint density at radius 1 is 1.03 bits per heavy atom. The minimum atomic E-state index is -3.70. The van der Waals surface area contributed by atoms with E-state index in [1.54, 1.807) is 17.0 Å². The second-order valence-corrected chi connectivity index (χ2v) is 9.91. The molecule has 3 rings (SSSR count). The fraction of sp³-hybridized carbons (Fsp3) is 0.350. The van der Waals surface area contributed by atoms with Gasteiger partial charge in [-0.1, -0.05) is 29.3 Å². The first kappa shape index (κ1) is 23.0. The molecule has 10 heteroatoms. The van der Waals surface area contributed by atoms with Crippen molar-refractivity contribution >= 4 is 39.1 Å². The number of hydrogen-bond acceptors (Lipinski definition) is 4. The largest absolute Gasteiger partial charge is 0.339 e. The van der Waals surface area contributed by atoms with Crippen LogP contribution in [0.5, 0.6) is 0 Å². The molecule has 0 unspecified atom stereocenters. The topological polar surface area (TPSA) is 60.9 Å². The van der Waals surface area contributed by atoms with Crippen LogP contribution in [0.1, 0.15) is 5.56 Å². The van der Waals surface area contributed by atoms with E-state index >= 15 is 0 Å². The van der Waals surface area contributed by atoms with E-state index in [0.717, 1.165) is 17.7 Å². The van der Waals surface area contributed by atoms with Crippen LogP contribution in [-0.4, -0.2) is 68.2 Å². The lowest BCUT2D eigenvalue weighted by atomic mass is 10.2. The average molecular weight is 474 g/mol. The zero-order valence-corrected chi connectivity index (χ0v) is 18.7. The normalized spacial score (nSPS) is 15.6. The van der Waals surface area contributed by atoms with E-state index in [2.05, 4.69) is 0 Å². The first-order chi connectivity index (χ1) is 14.2. The fourth-order valence-electron chi connectivity index (χ4n) is 3.27. The molecule has 0 atom stereocenters. The van der Waals surface area contributed by atoms with Gasteiger partial charge in [0.25, 0.3) is 0 Å². The third-order valence-corrected chi connectivity index (χ3v) is 7.54. The van der Waals surface area contributed by atoms with Gasteiger partial charge in [0.15, 0.2) is 0 Å². The van der Waals surface area contributed by atoms with Gasteiger partial charge in [-0.2, -0.15) is 4.31 Å². The number of carbonyl (C=O) groups is 1. The average Bonchev–Trinajstić information content (AvgIpc) is 2.71. The van der Waals surface area contributed by atoms with E-state index in [0.29, 0.717) is 29.7 Å². The summed E-state index contributed by atoms with van der Waals surface area (Å²) >= 11 is 12.0. The Morgan fingerprint density at radius 2 is 1.67 bits per heavy atom. The number of piperazine rings is 1. The molecule has 1 saturated heterocycles. The molecule has 0 aromatic heterocycles. The molecule has 162 valence electrons. The maximum Gasteiger partial charge on any atom is 0.243 e. The van der Waals surface area contributed by atoms with Gasteiger partial charge in [0.2, 0.25) is 15.9 Å². The number of amides is 1. The number of sulfonamides is 1. The quantitative estimate of drug-likeness (QED) is 0.646. The highest BCUT2D eigenvalue weighted by atomic mass is 35.5. The van der Waals surface area contributed by atoms with Gasteiger partial charge in [-0.3, -0.25) is 9.69 Å². The van der Waals surface area contributed by atoms with Gasteiger partial charge in [-0.15, -0.1) is 0 Å². The van der Waals surface area contributed by atoms with E-state index in [4.69, 9.17) is 23.2 Å². The second-order valence-electron chi connectivity index (χ2n) is 7.16. The molecule has 0 aliphatic carbocycles. The predicted octanol–water partition coefficient (Wildman–Crippen LogP) is 3.10. The number of benzene rings is 2. The van der Waals surface area contributed by atoms with Crippen molar-refractivity contribution in [1.29, 1.82) is 0 Å². The lowest BCUT2D eigenvalue weighted by Crippen LogP contribution is -2.52. The minimum Gasteiger partial charge on any atom is -0.339 e. The summed E-state index contributed by atoms with van der Waals surface area (Å²) in [6.45, 7) is 1.73. The number of carbonyl (C=O) groups excluding carboxylic acids is 1.